The van der Waals surface area contributed by atoms with Crippen LogP contribution in [-0.4, -0.2) is 94.7 Å². The van der Waals surface area contributed by atoms with E-state index in [1.807, 2.05) is 68.9 Å². The number of carbonyl (C=O) groups excluding carboxylic acids is 3. The lowest BCUT2D eigenvalue weighted by molar-refractivity contribution is -0.137. The summed E-state index contributed by atoms with van der Waals surface area (Å²) in [4.78, 5) is 48.0. The summed E-state index contributed by atoms with van der Waals surface area (Å²) in [5.41, 5.74) is 3.67. The van der Waals surface area contributed by atoms with Gasteiger partial charge >= 0.3 is 6.18 Å². The van der Waals surface area contributed by atoms with Crippen LogP contribution >= 0.6 is 11.8 Å². The van der Waals surface area contributed by atoms with E-state index < -0.39 is 17.6 Å². The van der Waals surface area contributed by atoms with Crippen LogP contribution in [0.5, 0.6) is 0 Å². The SMILES string of the molecule is CCN(CC)c1ccc(NC(=O)c2cccc(CSC(C)(CC)CCOC(C)C(C)CCC(=O)N(CCO)CCO)c2)c(-c2cc(C(=O)NCc3cccc(C(F)(F)F)c3)ccn2)c1. The third-order valence-electron chi connectivity index (χ3n) is 11.6. The molecule has 64 heavy (non-hydrogen) atoms. The van der Waals surface area contributed by atoms with Gasteiger partial charge in [-0.2, -0.15) is 24.9 Å². The van der Waals surface area contributed by atoms with E-state index in [2.05, 4.69) is 41.3 Å². The van der Waals surface area contributed by atoms with Gasteiger partial charge in [0, 0.05) is 84.8 Å². The van der Waals surface area contributed by atoms with E-state index in [4.69, 9.17) is 4.74 Å². The van der Waals surface area contributed by atoms with Gasteiger partial charge in [-0.1, -0.05) is 45.0 Å². The average molecular weight is 908 g/mol. The third kappa shape index (κ3) is 15.3. The van der Waals surface area contributed by atoms with Crippen molar-refractivity contribution in [2.24, 2.45) is 5.92 Å². The summed E-state index contributed by atoms with van der Waals surface area (Å²) < 4.78 is 46.0. The molecule has 0 bridgehead atoms. The fraction of sp³-hybridized carbons (Fsp3) is 0.469. The molecule has 0 radical (unpaired) electrons. The molecule has 11 nitrogen and oxygen atoms in total. The number of carbonyl (C=O) groups is 3. The van der Waals surface area contributed by atoms with Crippen LogP contribution in [0.25, 0.3) is 11.3 Å². The molecule has 0 aliphatic carbocycles. The highest BCUT2D eigenvalue weighted by molar-refractivity contribution is 7.99. The molecule has 0 fully saturated rings. The topological polar surface area (TPSA) is 144 Å². The van der Waals surface area contributed by atoms with Crippen molar-refractivity contribution in [3.05, 3.63) is 113 Å². The Labute approximate surface area is 380 Å². The smallest absolute Gasteiger partial charge is 0.395 e. The number of aromatic nitrogens is 1. The molecular formula is C49H64F3N5O6S. The van der Waals surface area contributed by atoms with Crippen molar-refractivity contribution in [1.29, 1.82) is 0 Å². The van der Waals surface area contributed by atoms with Gasteiger partial charge in [0.05, 0.1) is 36.3 Å². The fourth-order valence-electron chi connectivity index (χ4n) is 7.08. The Morgan fingerprint density at radius 2 is 1.55 bits per heavy atom. The number of aliphatic hydroxyl groups is 2. The second kappa shape index (κ2) is 24.9. The molecule has 3 amide bonds. The van der Waals surface area contributed by atoms with E-state index in [1.54, 1.807) is 12.1 Å². The number of nitrogens with zero attached hydrogens (tertiary/aromatic N) is 3. The summed E-state index contributed by atoms with van der Waals surface area (Å²) in [7, 11) is 0. The number of nitrogens with one attached hydrogen (secondary N) is 2. The van der Waals surface area contributed by atoms with Gasteiger partial charge in [0.2, 0.25) is 5.91 Å². The molecule has 1 aromatic heterocycles. The Hall–Kier alpha value is -4.96. The molecule has 0 spiro atoms. The predicted octanol–water partition coefficient (Wildman–Crippen LogP) is 9.22. The van der Waals surface area contributed by atoms with E-state index in [-0.39, 0.29) is 67.0 Å². The van der Waals surface area contributed by atoms with Gasteiger partial charge in [-0.3, -0.25) is 19.4 Å². The van der Waals surface area contributed by atoms with Crippen LogP contribution < -0.4 is 15.5 Å². The van der Waals surface area contributed by atoms with Gasteiger partial charge in [0.25, 0.3) is 11.8 Å². The minimum Gasteiger partial charge on any atom is -0.395 e. The minimum absolute atomic E-state index is 0.0578. The maximum Gasteiger partial charge on any atom is 0.416 e. The number of hydrogen-bond donors (Lipinski definition) is 4. The number of amides is 3. The molecule has 0 aliphatic heterocycles. The Kier molecular flexibility index (Phi) is 20.1. The number of anilines is 2. The van der Waals surface area contributed by atoms with Crippen molar-refractivity contribution >= 4 is 40.9 Å². The number of alkyl halides is 3. The maximum atomic E-state index is 13.9. The van der Waals surface area contributed by atoms with Gasteiger partial charge in [0.1, 0.15) is 0 Å². The van der Waals surface area contributed by atoms with E-state index in [9.17, 15) is 37.8 Å². The molecular weight excluding hydrogens is 844 g/mol. The van der Waals surface area contributed by atoms with Gasteiger partial charge in [-0.25, -0.2) is 0 Å². The summed E-state index contributed by atoms with van der Waals surface area (Å²) in [6, 6.07) is 21.2. The van der Waals surface area contributed by atoms with Gasteiger partial charge < -0.3 is 35.4 Å². The van der Waals surface area contributed by atoms with E-state index in [1.165, 1.54) is 29.3 Å². The lowest BCUT2D eigenvalue weighted by Crippen LogP contribution is -2.36. The summed E-state index contributed by atoms with van der Waals surface area (Å²) in [6.45, 7) is 14.6. The number of ether oxygens (including phenoxy) is 1. The Morgan fingerprint density at radius 3 is 2.22 bits per heavy atom. The van der Waals surface area contributed by atoms with Crippen LogP contribution in [0.3, 0.4) is 0 Å². The number of aliphatic hydroxyl groups excluding tert-OH is 2. The number of pyridine rings is 1. The molecule has 0 aliphatic rings. The van der Waals surface area contributed by atoms with Crippen molar-refractivity contribution in [3.8, 4) is 11.3 Å². The van der Waals surface area contributed by atoms with Crippen molar-refractivity contribution in [1.82, 2.24) is 15.2 Å². The molecule has 3 aromatic carbocycles. The lowest BCUT2D eigenvalue weighted by Gasteiger charge is -2.29. The Morgan fingerprint density at radius 1 is 0.859 bits per heavy atom. The summed E-state index contributed by atoms with van der Waals surface area (Å²) in [5, 5.41) is 24.3. The highest BCUT2D eigenvalue weighted by Gasteiger charge is 2.30. The van der Waals surface area contributed by atoms with E-state index in [0.29, 0.717) is 53.3 Å². The van der Waals surface area contributed by atoms with Crippen LogP contribution in [0.2, 0.25) is 0 Å². The van der Waals surface area contributed by atoms with Crippen molar-refractivity contribution in [2.75, 3.05) is 56.2 Å². The van der Waals surface area contributed by atoms with Crippen molar-refractivity contribution in [3.63, 3.8) is 0 Å². The fourth-order valence-corrected chi connectivity index (χ4v) is 8.20. The number of benzene rings is 3. The highest BCUT2D eigenvalue weighted by Crippen LogP contribution is 2.36. The molecule has 1 heterocycles. The lowest BCUT2D eigenvalue weighted by atomic mass is 9.99. The zero-order valence-electron chi connectivity index (χ0n) is 37.8. The monoisotopic (exact) mass is 907 g/mol. The second-order valence-electron chi connectivity index (χ2n) is 16.1. The zero-order valence-corrected chi connectivity index (χ0v) is 38.7. The summed E-state index contributed by atoms with van der Waals surface area (Å²) >= 11 is 1.81. The minimum atomic E-state index is -4.50. The quantitative estimate of drug-likeness (QED) is 0.0512. The Bertz CT molecular complexity index is 2130. The predicted molar refractivity (Wildman–Crippen MR) is 249 cm³/mol. The summed E-state index contributed by atoms with van der Waals surface area (Å²) in [6.07, 6.45) is -0.386. The molecule has 4 rings (SSSR count). The number of rotatable bonds is 25. The first-order valence-electron chi connectivity index (χ1n) is 22.0. The first-order valence-corrected chi connectivity index (χ1v) is 23.0. The van der Waals surface area contributed by atoms with E-state index >= 15 is 0 Å². The molecule has 348 valence electrons. The standard InChI is InChI=1S/C49H64F3N5O6S/c1-7-48(6,21-27-63-35(5)34(4)16-19-45(60)57(23-25-58)24-26-59)64-33-37-13-10-14-38(28-37)47(62)55-43-18-17-41(56(8-2)9-3)31-42(43)44-30-39(20-22-53-44)46(61)54-32-36-12-11-15-40(29-36)49(50,51)52/h10-15,17-18,20,22,28-31,34-35,58-59H,7-9,16,19,21,23-27,32-33H2,1-6H3,(H,54,61)(H,55,62). The van der Waals surface area contributed by atoms with Crippen LogP contribution in [0.1, 0.15) is 105 Å². The molecule has 15 heteroatoms. The number of hydrogen-bond acceptors (Lipinski definition) is 9. The van der Waals surface area contributed by atoms with Crippen molar-refractivity contribution in [2.45, 2.75) is 96.6 Å². The first kappa shape index (κ1) is 51.7. The largest absolute Gasteiger partial charge is 0.416 e. The average Bonchev–Trinajstić information content (AvgIpc) is 3.29. The van der Waals surface area contributed by atoms with E-state index in [0.717, 1.165) is 49.3 Å². The second-order valence-corrected chi connectivity index (χ2v) is 17.7. The first-order chi connectivity index (χ1) is 30.5. The molecule has 3 atom stereocenters. The van der Waals surface area contributed by atoms with Crippen LogP contribution in [0.4, 0.5) is 24.5 Å². The molecule has 3 unspecified atom stereocenters. The molecule has 4 aromatic rings. The number of halogens is 3. The van der Waals surface area contributed by atoms with Crippen LogP contribution in [0, 0.1) is 5.92 Å². The zero-order chi connectivity index (χ0) is 46.9. The molecule has 0 saturated heterocycles. The van der Waals surface area contributed by atoms with Gasteiger partial charge in [0.15, 0.2) is 0 Å². The number of thioether (sulfide) groups is 1. The maximum absolute atomic E-state index is 13.9. The normalized spacial score (nSPS) is 13.4. The summed E-state index contributed by atoms with van der Waals surface area (Å²) in [5.74, 6) is -0.0734. The molecule has 0 saturated carbocycles. The Balaban J connectivity index is 1.42. The van der Waals surface area contributed by atoms with Gasteiger partial charge in [-0.15, -0.1) is 0 Å². The highest BCUT2D eigenvalue weighted by atomic mass is 32.2. The third-order valence-corrected chi connectivity index (χ3v) is 13.3. The molecule has 4 N–H and O–H groups in total. The van der Waals surface area contributed by atoms with Crippen LogP contribution in [0.15, 0.2) is 85.1 Å². The van der Waals surface area contributed by atoms with Crippen molar-refractivity contribution < 1.29 is 42.5 Å². The van der Waals surface area contributed by atoms with Crippen LogP contribution in [-0.2, 0) is 28.0 Å². The van der Waals surface area contributed by atoms with Gasteiger partial charge in [-0.05, 0) is 112 Å².